The maximum Gasteiger partial charge on any atom is 0.153 e. The molecule has 0 aromatic carbocycles. The second-order valence-electron chi connectivity index (χ2n) is 4.24. The van der Waals surface area contributed by atoms with Gasteiger partial charge in [0.2, 0.25) is 0 Å². The molecular weight excluding hydrogens is 200 g/mol. The molecule has 0 bridgehead atoms. The van der Waals surface area contributed by atoms with Crippen LogP contribution in [-0.2, 0) is 6.42 Å². The second-order valence-corrected chi connectivity index (χ2v) is 4.24. The quantitative estimate of drug-likeness (QED) is 0.768. The molecule has 2 aromatic rings. The van der Waals surface area contributed by atoms with E-state index in [0.717, 1.165) is 12.2 Å². The van der Waals surface area contributed by atoms with E-state index in [4.69, 9.17) is 0 Å². The first kappa shape index (κ1) is 9.54. The van der Waals surface area contributed by atoms with Gasteiger partial charge >= 0.3 is 0 Å². The number of hydrogen-bond donors (Lipinski definition) is 1. The standard InChI is InChI=1S/C12H14N4/c13-10-4-3-5-11-9(10)8-15-16(11)12-6-1-2-7-14-12/h1-2,6-8,10H,3-5,13H2/p+1/t10-/m1/s1. The molecule has 0 saturated carbocycles. The van der Waals surface area contributed by atoms with Crippen molar-refractivity contribution < 1.29 is 5.73 Å². The molecule has 1 atom stereocenters. The molecule has 0 saturated heterocycles. The van der Waals surface area contributed by atoms with E-state index < -0.39 is 0 Å². The highest BCUT2D eigenvalue weighted by Crippen LogP contribution is 2.27. The number of hydrogen-bond acceptors (Lipinski definition) is 2. The highest BCUT2D eigenvalue weighted by Gasteiger charge is 2.24. The lowest BCUT2D eigenvalue weighted by molar-refractivity contribution is -0.429. The molecule has 4 nitrogen and oxygen atoms in total. The molecule has 3 N–H and O–H groups in total. The zero-order chi connectivity index (χ0) is 11.0. The van der Waals surface area contributed by atoms with Crippen LogP contribution in [0.25, 0.3) is 5.82 Å². The zero-order valence-electron chi connectivity index (χ0n) is 9.13. The van der Waals surface area contributed by atoms with E-state index in [0.29, 0.717) is 6.04 Å². The van der Waals surface area contributed by atoms with Crippen LogP contribution >= 0.6 is 0 Å². The summed E-state index contributed by atoms with van der Waals surface area (Å²) in [5, 5.41) is 4.43. The minimum Gasteiger partial charge on any atom is -0.351 e. The fourth-order valence-electron chi connectivity index (χ4n) is 2.33. The topological polar surface area (TPSA) is 58.4 Å². The Hall–Kier alpha value is -1.68. The molecule has 3 rings (SSSR count). The van der Waals surface area contributed by atoms with Crippen molar-refractivity contribution in [1.82, 2.24) is 14.8 Å². The third kappa shape index (κ3) is 1.42. The molecule has 0 radical (unpaired) electrons. The van der Waals surface area contributed by atoms with Crippen LogP contribution in [0.1, 0.15) is 30.1 Å². The Kier molecular flexibility index (Phi) is 2.22. The monoisotopic (exact) mass is 215 g/mol. The molecule has 0 amide bonds. The van der Waals surface area contributed by atoms with Crippen molar-refractivity contribution in [2.75, 3.05) is 0 Å². The van der Waals surface area contributed by atoms with Crippen LogP contribution in [0.4, 0.5) is 0 Å². The van der Waals surface area contributed by atoms with Gasteiger partial charge in [-0.25, -0.2) is 9.67 Å². The predicted molar refractivity (Wildman–Crippen MR) is 59.9 cm³/mol. The maximum atomic E-state index is 4.43. The summed E-state index contributed by atoms with van der Waals surface area (Å²) >= 11 is 0. The number of pyridine rings is 1. The van der Waals surface area contributed by atoms with Crippen molar-refractivity contribution in [2.45, 2.75) is 25.3 Å². The summed E-state index contributed by atoms with van der Waals surface area (Å²) in [5.74, 6) is 0.901. The van der Waals surface area contributed by atoms with Gasteiger partial charge in [-0.1, -0.05) is 6.07 Å². The molecule has 4 heteroatoms. The fourth-order valence-corrected chi connectivity index (χ4v) is 2.33. The largest absolute Gasteiger partial charge is 0.351 e. The van der Waals surface area contributed by atoms with Crippen molar-refractivity contribution >= 4 is 0 Å². The number of aromatic nitrogens is 3. The molecule has 0 fully saturated rings. The van der Waals surface area contributed by atoms with Crippen LogP contribution < -0.4 is 5.73 Å². The van der Waals surface area contributed by atoms with E-state index in [1.807, 2.05) is 29.1 Å². The first-order chi connectivity index (χ1) is 7.86. The van der Waals surface area contributed by atoms with Gasteiger partial charge in [-0.15, -0.1) is 0 Å². The lowest BCUT2D eigenvalue weighted by atomic mass is 9.94. The number of quaternary nitrogens is 1. The van der Waals surface area contributed by atoms with E-state index in [2.05, 4.69) is 15.8 Å². The summed E-state index contributed by atoms with van der Waals surface area (Å²) < 4.78 is 1.95. The van der Waals surface area contributed by atoms with E-state index >= 15 is 0 Å². The Morgan fingerprint density at radius 1 is 1.38 bits per heavy atom. The third-order valence-corrected chi connectivity index (χ3v) is 3.17. The van der Waals surface area contributed by atoms with Crippen molar-refractivity contribution in [3.63, 3.8) is 0 Å². The van der Waals surface area contributed by atoms with Crippen molar-refractivity contribution in [2.24, 2.45) is 0 Å². The summed E-state index contributed by atoms with van der Waals surface area (Å²) in [6.07, 6.45) is 7.19. The molecule has 2 heterocycles. The van der Waals surface area contributed by atoms with Crippen molar-refractivity contribution in [3.8, 4) is 5.82 Å². The predicted octanol–water partition coefficient (Wildman–Crippen LogP) is 0.887. The second kappa shape index (κ2) is 3.72. The highest BCUT2D eigenvalue weighted by molar-refractivity contribution is 5.31. The van der Waals surface area contributed by atoms with Gasteiger partial charge in [-0.05, 0) is 25.0 Å². The summed E-state index contributed by atoms with van der Waals surface area (Å²) in [6.45, 7) is 0. The SMILES string of the molecule is [NH3+][C@@H]1CCCc2c1cnn2-c1ccccn1. The highest BCUT2D eigenvalue weighted by atomic mass is 15.3. The number of nitrogens with zero attached hydrogens (tertiary/aromatic N) is 3. The molecular formula is C12H15N4+. The number of fused-ring (bicyclic) bond motifs is 1. The molecule has 1 aliphatic carbocycles. The van der Waals surface area contributed by atoms with Crippen LogP contribution in [0.3, 0.4) is 0 Å². The van der Waals surface area contributed by atoms with Gasteiger partial charge in [-0.3, -0.25) is 0 Å². The van der Waals surface area contributed by atoms with E-state index in [-0.39, 0.29) is 0 Å². The molecule has 16 heavy (non-hydrogen) atoms. The Morgan fingerprint density at radius 3 is 3.12 bits per heavy atom. The van der Waals surface area contributed by atoms with Gasteiger partial charge in [0, 0.05) is 12.6 Å². The van der Waals surface area contributed by atoms with Crippen LogP contribution in [-0.4, -0.2) is 14.8 Å². The lowest BCUT2D eigenvalue weighted by Crippen LogP contribution is -2.54. The smallest absolute Gasteiger partial charge is 0.153 e. The minimum atomic E-state index is 0.390. The first-order valence-corrected chi connectivity index (χ1v) is 5.67. The molecule has 82 valence electrons. The molecule has 0 aliphatic heterocycles. The minimum absolute atomic E-state index is 0.390. The third-order valence-electron chi connectivity index (χ3n) is 3.17. The zero-order valence-corrected chi connectivity index (χ0v) is 9.13. The van der Waals surface area contributed by atoms with Gasteiger partial charge in [0.05, 0.1) is 17.5 Å². The van der Waals surface area contributed by atoms with Gasteiger partial charge in [0.15, 0.2) is 5.82 Å². The normalized spacial score (nSPS) is 19.4. The number of rotatable bonds is 1. The average molecular weight is 215 g/mol. The first-order valence-electron chi connectivity index (χ1n) is 5.67. The summed E-state index contributed by atoms with van der Waals surface area (Å²) in [7, 11) is 0. The maximum absolute atomic E-state index is 4.43. The van der Waals surface area contributed by atoms with E-state index in [1.54, 1.807) is 6.20 Å². The Bertz CT molecular complexity index is 489. The molecule has 0 unspecified atom stereocenters. The van der Waals surface area contributed by atoms with Gasteiger partial charge in [-0.2, -0.15) is 5.10 Å². The van der Waals surface area contributed by atoms with E-state index in [9.17, 15) is 0 Å². The van der Waals surface area contributed by atoms with Gasteiger partial charge in [0.25, 0.3) is 0 Å². The van der Waals surface area contributed by atoms with Crippen LogP contribution in [0.15, 0.2) is 30.6 Å². The van der Waals surface area contributed by atoms with E-state index in [1.165, 1.54) is 24.1 Å². The summed E-state index contributed by atoms with van der Waals surface area (Å²) in [6, 6.07) is 6.28. The summed E-state index contributed by atoms with van der Waals surface area (Å²) in [5.41, 5.74) is 6.74. The summed E-state index contributed by atoms with van der Waals surface area (Å²) in [4.78, 5) is 4.33. The van der Waals surface area contributed by atoms with Crippen molar-refractivity contribution in [3.05, 3.63) is 41.9 Å². The molecule has 0 spiro atoms. The Balaban J connectivity index is 2.10. The lowest BCUT2D eigenvalue weighted by Gasteiger charge is -2.16. The fraction of sp³-hybridized carbons (Fsp3) is 0.333. The van der Waals surface area contributed by atoms with Crippen LogP contribution in [0.5, 0.6) is 0 Å². The van der Waals surface area contributed by atoms with Gasteiger partial charge < -0.3 is 5.73 Å². The molecule has 1 aliphatic rings. The van der Waals surface area contributed by atoms with Crippen LogP contribution in [0.2, 0.25) is 0 Å². The van der Waals surface area contributed by atoms with Gasteiger partial charge in [0.1, 0.15) is 6.04 Å². The molecule has 2 aromatic heterocycles. The average Bonchev–Trinajstić information content (AvgIpc) is 2.75. The Labute approximate surface area is 94.1 Å². The van der Waals surface area contributed by atoms with Crippen LogP contribution in [0, 0.1) is 0 Å². The van der Waals surface area contributed by atoms with Crippen molar-refractivity contribution in [1.29, 1.82) is 0 Å². The Morgan fingerprint density at radius 2 is 2.31 bits per heavy atom.